The molecule has 0 radical (unpaired) electrons. The van der Waals surface area contributed by atoms with Crippen LogP contribution in [0.1, 0.15) is 25.1 Å². The van der Waals surface area contributed by atoms with Gasteiger partial charge in [-0.1, -0.05) is 37.3 Å². The van der Waals surface area contributed by atoms with Gasteiger partial charge in [-0.25, -0.2) is 9.97 Å². The number of carbonyl (C=O) groups is 1. The van der Waals surface area contributed by atoms with Gasteiger partial charge in [0.05, 0.1) is 5.69 Å². The summed E-state index contributed by atoms with van der Waals surface area (Å²) in [6, 6.07) is 11.4. The molecule has 1 atom stereocenters. The smallest absolute Gasteiger partial charge is 0.314 e. The van der Waals surface area contributed by atoms with Gasteiger partial charge >= 0.3 is 5.97 Å². The lowest BCUT2D eigenvalue weighted by Gasteiger charge is -2.09. The van der Waals surface area contributed by atoms with Crippen LogP contribution in [0.5, 0.6) is 0 Å². The number of aliphatic carboxylic acids is 1. The molecule has 0 aliphatic heterocycles. The van der Waals surface area contributed by atoms with Gasteiger partial charge in [0, 0.05) is 11.8 Å². The van der Waals surface area contributed by atoms with Crippen LogP contribution in [0.4, 0.5) is 0 Å². The molecule has 92 valence electrons. The van der Waals surface area contributed by atoms with Gasteiger partial charge < -0.3 is 5.11 Å². The summed E-state index contributed by atoms with van der Waals surface area (Å²) in [4.78, 5) is 19.5. The van der Waals surface area contributed by atoms with E-state index in [1.807, 2.05) is 37.3 Å². The maximum Gasteiger partial charge on any atom is 0.314 e. The Bertz CT molecular complexity index is 541. The molecule has 0 bridgehead atoms. The van der Waals surface area contributed by atoms with Crippen LogP contribution in [0.2, 0.25) is 0 Å². The highest BCUT2D eigenvalue weighted by atomic mass is 16.4. The van der Waals surface area contributed by atoms with Gasteiger partial charge in [-0.15, -0.1) is 0 Å². The zero-order valence-corrected chi connectivity index (χ0v) is 10.1. The van der Waals surface area contributed by atoms with Crippen molar-refractivity contribution in [3.63, 3.8) is 0 Å². The van der Waals surface area contributed by atoms with Crippen LogP contribution in [-0.2, 0) is 4.79 Å². The van der Waals surface area contributed by atoms with Crippen molar-refractivity contribution in [3.05, 3.63) is 48.4 Å². The van der Waals surface area contributed by atoms with Crippen LogP contribution in [0.3, 0.4) is 0 Å². The van der Waals surface area contributed by atoms with Crippen molar-refractivity contribution in [1.29, 1.82) is 0 Å². The third-order valence-corrected chi connectivity index (χ3v) is 2.76. The lowest BCUT2D eigenvalue weighted by molar-refractivity contribution is -0.139. The van der Waals surface area contributed by atoms with E-state index in [4.69, 9.17) is 5.11 Å². The predicted molar refractivity (Wildman–Crippen MR) is 68.1 cm³/mol. The van der Waals surface area contributed by atoms with E-state index in [2.05, 4.69) is 9.97 Å². The summed E-state index contributed by atoms with van der Waals surface area (Å²) in [5, 5.41) is 9.11. The van der Waals surface area contributed by atoms with Crippen LogP contribution in [0.25, 0.3) is 11.3 Å². The fourth-order valence-corrected chi connectivity index (χ4v) is 1.78. The number of hydrogen-bond acceptors (Lipinski definition) is 3. The largest absolute Gasteiger partial charge is 0.481 e. The van der Waals surface area contributed by atoms with Crippen molar-refractivity contribution in [3.8, 4) is 11.3 Å². The maximum atomic E-state index is 11.1. The molecule has 0 saturated carbocycles. The van der Waals surface area contributed by atoms with E-state index >= 15 is 0 Å². The SMILES string of the molecule is CCC(C(=O)O)c1nccc(-c2ccccc2)n1. The quantitative estimate of drug-likeness (QED) is 0.895. The van der Waals surface area contributed by atoms with E-state index in [9.17, 15) is 4.79 Å². The number of benzene rings is 1. The van der Waals surface area contributed by atoms with Gasteiger partial charge in [0.25, 0.3) is 0 Å². The average molecular weight is 242 g/mol. The molecule has 2 rings (SSSR count). The Labute approximate surface area is 105 Å². The van der Waals surface area contributed by atoms with Crippen molar-refractivity contribution >= 4 is 5.97 Å². The molecule has 0 saturated heterocycles. The van der Waals surface area contributed by atoms with Crippen LogP contribution < -0.4 is 0 Å². The number of nitrogens with zero attached hydrogens (tertiary/aromatic N) is 2. The first-order valence-corrected chi connectivity index (χ1v) is 5.83. The van der Waals surface area contributed by atoms with Gasteiger partial charge in [-0.2, -0.15) is 0 Å². The van der Waals surface area contributed by atoms with Crippen molar-refractivity contribution in [2.24, 2.45) is 0 Å². The summed E-state index contributed by atoms with van der Waals surface area (Å²) >= 11 is 0. The summed E-state index contributed by atoms with van der Waals surface area (Å²) < 4.78 is 0. The lowest BCUT2D eigenvalue weighted by atomic mass is 10.1. The molecular formula is C14H14N2O2. The standard InChI is InChI=1S/C14H14N2O2/c1-2-11(14(17)18)13-15-9-8-12(16-13)10-6-4-3-5-7-10/h3-9,11H,2H2,1H3,(H,17,18). The Kier molecular flexibility index (Phi) is 3.67. The third-order valence-electron chi connectivity index (χ3n) is 2.76. The molecule has 2 aromatic rings. The second-order valence-corrected chi connectivity index (χ2v) is 3.97. The fourth-order valence-electron chi connectivity index (χ4n) is 1.78. The molecule has 18 heavy (non-hydrogen) atoms. The number of hydrogen-bond donors (Lipinski definition) is 1. The van der Waals surface area contributed by atoms with Crippen LogP contribution in [-0.4, -0.2) is 21.0 Å². The minimum Gasteiger partial charge on any atom is -0.481 e. The van der Waals surface area contributed by atoms with E-state index < -0.39 is 11.9 Å². The van der Waals surface area contributed by atoms with E-state index in [1.54, 1.807) is 12.3 Å². The molecular weight excluding hydrogens is 228 g/mol. The van der Waals surface area contributed by atoms with Crippen LogP contribution in [0.15, 0.2) is 42.6 Å². The van der Waals surface area contributed by atoms with E-state index in [1.165, 1.54) is 0 Å². The van der Waals surface area contributed by atoms with E-state index in [0.717, 1.165) is 11.3 Å². The molecule has 0 spiro atoms. The maximum absolute atomic E-state index is 11.1. The van der Waals surface area contributed by atoms with Gasteiger partial charge in [0.2, 0.25) is 0 Å². The summed E-state index contributed by atoms with van der Waals surface area (Å²) in [6.07, 6.45) is 2.09. The Morgan fingerprint density at radius 2 is 2.00 bits per heavy atom. The first-order valence-electron chi connectivity index (χ1n) is 5.83. The molecule has 1 unspecified atom stereocenters. The Morgan fingerprint density at radius 3 is 2.61 bits per heavy atom. The Balaban J connectivity index is 2.39. The number of rotatable bonds is 4. The minimum absolute atomic E-state index is 0.367. The highest BCUT2D eigenvalue weighted by Crippen LogP contribution is 2.20. The number of carboxylic acid groups (broad SMARTS) is 1. The molecule has 0 amide bonds. The molecule has 1 aromatic carbocycles. The van der Waals surface area contributed by atoms with Gasteiger partial charge in [0.1, 0.15) is 11.7 Å². The summed E-state index contributed by atoms with van der Waals surface area (Å²) in [6.45, 7) is 1.82. The second kappa shape index (κ2) is 5.40. The first-order chi connectivity index (χ1) is 8.72. The first kappa shape index (κ1) is 12.2. The number of carboxylic acids is 1. The lowest BCUT2D eigenvalue weighted by Crippen LogP contribution is -2.14. The van der Waals surface area contributed by atoms with Crippen molar-refractivity contribution in [2.45, 2.75) is 19.3 Å². The van der Waals surface area contributed by atoms with E-state index in [0.29, 0.717) is 12.2 Å². The highest BCUT2D eigenvalue weighted by molar-refractivity contribution is 5.75. The number of aromatic nitrogens is 2. The third kappa shape index (κ3) is 2.53. The van der Waals surface area contributed by atoms with Crippen LogP contribution >= 0.6 is 0 Å². The zero-order valence-electron chi connectivity index (χ0n) is 10.1. The molecule has 0 fully saturated rings. The Morgan fingerprint density at radius 1 is 1.28 bits per heavy atom. The fraction of sp³-hybridized carbons (Fsp3) is 0.214. The molecule has 4 nitrogen and oxygen atoms in total. The topological polar surface area (TPSA) is 63.1 Å². The van der Waals surface area contributed by atoms with Gasteiger partial charge in [-0.05, 0) is 12.5 Å². The Hall–Kier alpha value is -2.23. The molecule has 4 heteroatoms. The second-order valence-electron chi connectivity index (χ2n) is 3.97. The molecule has 1 heterocycles. The van der Waals surface area contributed by atoms with Crippen molar-refractivity contribution in [2.75, 3.05) is 0 Å². The molecule has 1 aromatic heterocycles. The van der Waals surface area contributed by atoms with Gasteiger partial charge in [-0.3, -0.25) is 4.79 Å². The van der Waals surface area contributed by atoms with Crippen molar-refractivity contribution < 1.29 is 9.90 Å². The van der Waals surface area contributed by atoms with Gasteiger partial charge in [0.15, 0.2) is 0 Å². The predicted octanol–water partition coefficient (Wildman–Crippen LogP) is 2.72. The summed E-state index contributed by atoms with van der Waals surface area (Å²) in [5.74, 6) is -1.16. The monoisotopic (exact) mass is 242 g/mol. The minimum atomic E-state index is -0.886. The summed E-state index contributed by atoms with van der Waals surface area (Å²) in [7, 11) is 0. The summed E-state index contributed by atoms with van der Waals surface area (Å²) in [5.41, 5.74) is 1.71. The normalized spacial score (nSPS) is 12.1. The average Bonchev–Trinajstić information content (AvgIpc) is 2.40. The van der Waals surface area contributed by atoms with Crippen LogP contribution in [0, 0.1) is 0 Å². The highest BCUT2D eigenvalue weighted by Gasteiger charge is 2.20. The molecule has 1 N–H and O–H groups in total. The van der Waals surface area contributed by atoms with Crippen molar-refractivity contribution in [1.82, 2.24) is 9.97 Å². The van der Waals surface area contributed by atoms with E-state index in [-0.39, 0.29) is 0 Å². The molecule has 0 aliphatic rings. The molecule has 0 aliphatic carbocycles. The zero-order chi connectivity index (χ0) is 13.0.